The summed E-state index contributed by atoms with van der Waals surface area (Å²) in [6.07, 6.45) is 0. The molecule has 0 aliphatic rings. The van der Waals surface area contributed by atoms with E-state index in [1.165, 1.54) is 0 Å². The Hall–Kier alpha value is -0.770. The first kappa shape index (κ1) is 6.35. The van der Waals surface area contributed by atoms with Crippen LogP contribution in [0, 0.1) is 11.7 Å². The number of H-pyrrole nitrogens is 1. The Kier molecular flexibility index (Phi) is 1.32. The molecule has 0 saturated heterocycles. The van der Waals surface area contributed by atoms with Crippen molar-refractivity contribution in [1.29, 1.82) is 0 Å². The lowest BCUT2D eigenvalue weighted by atomic mass is 10.5. The summed E-state index contributed by atoms with van der Waals surface area (Å²) < 4.78 is 2.41. The smallest absolute Gasteiger partial charge is 0.178 e. The van der Waals surface area contributed by atoms with E-state index in [9.17, 15) is 0 Å². The van der Waals surface area contributed by atoms with Crippen molar-refractivity contribution in [3.63, 3.8) is 0 Å². The fraction of sp³-hybridized carbons (Fsp3) is 0.400. The molecule has 50 valence electrons. The molecule has 3 nitrogen and oxygen atoms in total. The van der Waals surface area contributed by atoms with Gasteiger partial charge in [-0.1, -0.05) is 0 Å². The van der Waals surface area contributed by atoms with Gasteiger partial charge >= 0.3 is 0 Å². The third-order valence-electron chi connectivity index (χ3n) is 1.34. The molecule has 1 heterocycles. The molecule has 9 heavy (non-hydrogen) atoms. The minimum Gasteiger partial charge on any atom is -0.384 e. The van der Waals surface area contributed by atoms with Crippen LogP contribution >= 0.6 is 12.2 Å². The van der Waals surface area contributed by atoms with Crippen LogP contribution in [0.3, 0.4) is 0 Å². The summed E-state index contributed by atoms with van der Waals surface area (Å²) >= 11 is 4.89. The van der Waals surface area contributed by atoms with E-state index in [-0.39, 0.29) is 0 Å². The minimum absolute atomic E-state index is 0.671. The lowest BCUT2D eigenvalue weighted by Crippen LogP contribution is -1.96. The van der Waals surface area contributed by atoms with E-state index in [4.69, 9.17) is 18.0 Å². The van der Waals surface area contributed by atoms with E-state index in [1.807, 2.05) is 14.0 Å². The first-order valence-corrected chi connectivity index (χ1v) is 3.05. The molecule has 0 saturated carbocycles. The summed E-state index contributed by atoms with van der Waals surface area (Å²) in [5, 5.41) is 0. The maximum Gasteiger partial charge on any atom is 0.178 e. The zero-order valence-corrected chi connectivity index (χ0v) is 6.25. The summed E-state index contributed by atoms with van der Waals surface area (Å²) in [4.78, 5) is 2.93. The number of imidazole rings is 1. The van der Waals surface area contributed by atoms with Crippen LogP contribution in [0.1, 0.15) is 5.69 Å². The van der Waals surface area contributed by atoms with Gasteiger partial charge in [0.2, 0.25) is 0 Å². The molecule has 0 unspecified atom stereocenters. The Morgan fingerprint density at radius 3 is 2.33 bits per heavy atom. The Balaban J connectivity index is 3.47. The average molecular weight is 143 g/mol. The minimum atomic E-state index is 0.671. The molecule has 1 rings (SSSR count). The monoisotopic (exact) mass is 143 g/mol. The zero-order chi connectivity index (χ0) is 7.02. The molecule has 0 spiro atoms. The lowest BCUT2D eigenvalue weighted by Gasteiger charge is -1.91. The maximum atomic E-state index is 5.57. The van der Waals surface area contributed by atoms with Gasteiger partial charge in [0.15, 0.2) is 4.77 Å². The zero-order valence-electron chi connectivity index (χ0n) is 5.43. The summed E-state index contributed by atoms with van der Waals surface area (Å²) in [6.45, 7) is 1.89. The molecule has 0 fully saturated rings. The summed E-state index contributed by atoms with van der Waals surface area (Å²) in [5.74, 6) is 0.708. The van der Waals surface area contributed by atoms with Crippen LogP contribution in [0.2, 0.25) is 0 Å². The summed E-state index contributed by atoms with van der Waals surface area (Å²) in [7, 11) is 1.83. The molecule has 0 aliphatic carbocycles. The van der Waals surface area contributed by atoms with Crippen LogP contribution < -0.4 is 5.73 Å². The van der Waals surface area contributed by atoms with Crippen LogP contribution in [-0.4, -0.2) is 9.55 Å². The molecule has 0 aliphatic heterocycles. The van der Waals surface area contributed by atoms with Gasteiger partial charge in [0.05, 0.1) is 5.69 Å². The van der Waals surface area contributed by atoms with Crippen LogP contribution in [0.5, 0.6) is 0 Å². The molecule has 3 N–H and O–H groups in total. The number of nitrogen functional groups attached to an aromatic ring is 1. The number of hydrogen-bond donors (Lipinski definition) is 2. The predicted octanol–water partition coefficient (Wildman–Crippen LogP) is 0.973. The summed E-state index contributed by atoms with van der Waals surface area (Å²) in [6, 6.07) is 0. The lowest BCUT2D eigenvalue weighted by molar-refractivity contribution is 0.906. The van der Waals surface area contributed by atoms with Crippen LogP contribution in [0.25, 0.3) is 0 Å². The van der Waals surface area contributed by atoms with Crippen molar-refractivity contribution in [3.8, 4) is 0 Å². The van der Waals surface area contributed by atoms with Crippen molar-refractivity contribution in [2.24, 2.45) is 7.05 Å². The van der Waals surface area contributed by atoms with E-state index in [1.54, 1.807) is 4.57 Å². The Morgan fingerprint density at radius 1 is 1.67 bits per heavy atom. The van der Waals surface area contributed by atoms with E-state index in [2.05, 4.69) is 4.98 Å². The quantitative estimate of drug-likeness (QED) is 0.532. The Labute approximate surface area is 58.5 Å². The number of aromatic amines is 1. The van der Waals surface area contributed by atoms with Gasteiger partial charge < -0.3 is 15.3 Å². The highest BCUT2D eigenvalue weighted by atomic mass is 32.1. The highest BCUT2D eigenvalue weighted by molar-refractivity contribution is 7.71. The van der Waals surface area contributed by atoms with Crippen molar-refractivity contribution in [2.75, 3.05) is 5.73 Å². The van der Waals surface area contributed by atoms with Crippen molar-refractivity contribution >= 4 is 18.0 Å². The SMILES string of the molecule is Cc1[nH]c(=S)n(C)c1N. The van der Waals surface area contributed by atoms with Crippen molar-refractivity contribution in [3.05, 3.63) is 10.5 Å². The highest BCUT2D eigenvalue weighted by Gasteiger charge is 1.97. The van der Waals surface area contributed by atoms with Gasteiger partial charge in [0.25, 0.3) is 0 Å². The van der Waals surface area contributed by atoms with E-state index in [0.717, 1.165) is 5.69 Å². The number of nitrogens with two attached hydrogens (primary N) is 1. The molecule has 0 radical (unpaired) electrons. The van der Waals surface area contributed by atoms with Gasteiger partial charge in [-0.25, -0.2) is 0 Å². The van der Waals surface area contributed by atoms with Gasteiger partial charge in [-0.2, -0.15) is 0 Å². The number of aryl methyl sites for hydroxylation is 1. The molecular formula is C5H9N3S. The van der Waals surface area contributed by atoms with Crippen molar-refractivity contribution < 1.29 is 0 Å². The second kappa shape index (κ2) is 1.88. The molecule has 0 atom stereocenters. The number of hydrogen-bond acceptors (Lipinski definition) is 2. The van der Waals surface area contributed by atoms with E-state index < -0.39 is 0 Å². The molecule has 0 aromatic carbocycles. The highest BCUT2D eigenvalue weighted by Crippen LogP contribution is 2.06. The normalized spacial score (nSPS) is 10.0. The predicted molar refractivity (Wildman–Crippen MR) is 39.7 cm³/mol. The standard InChI is InChI=1S/C5H9N3S/c1-3-4(6)8(2)5(9)7-3/h6H2,1-2H3,(H,7,9). The molecular weight excluding hydrogens is 134 g/mol. The fourth-order valence-electron chi connectivity index (χ4n) is 0.669. The topological polar surface area (TPSA) is 46.7 Å². The number of nitrogens with zero attached hydrogens (tertiary/aromatic N) is 1. The summed E-state index contributed by atoms with van der Waals surface area (Å²) in [5.41, 5.74) is 6.50. The molecule has 0 amide bonds. The average Bonchev–Trinajstić information content (AvgIpc) is 1.98. The van der Waals surface area contributed by atoms with Crippen molar-refractivity contribution in [1.82, 2.24) is 9.55 Å². The first-order chi connectivity index (χ1) is 4.13. The van der Waals surface area contributed by atoms with Gasteiger partial charge in [0.1, 0.15) is 5.82 Å². The van der Waals surface area contributed by atoms with Gasteiger partial charge in [-0.05, 0) is 19.1 Å². The fourth-order valence-corrected chi connectivity index (χ4v) is 0.921. The third kappa shape index (κ3) is 0.853. The number of rotatable bonds is 0. The Bertz CT molecular complexity index is 270. The van der Waals surface area contributed by atoms with Crippen LogP contribution in [-0.2, 0) is 7.05 Å². The number of aromatic nitrogens is 2. The number of nitrogens with one attached hydrogen (secondary N) is 1. The number of anilines is 1. The van der Waals surface area contributed by atoms with Crippen LogP contribution in [0.4, 0.5) is 5.82 Å². The molecule has 0 bridgehead atoms. The molecule has 1 aromatic rings. The third-order valence-corrected chi connectivity index (χ3v) is 1.72. The van der Waals surface area contributed by atoms with Crippen LogP contribution in [0.15, 0.2) is 0 Å². The van der Waals surface area contributed by atoms with Gasteiger partial charge in [-0.15, -0.1) is 0 Å². The molecule has 1 aromatic heterocycles. The van der Waals surface area contributed by atoms with E-state index >= 15 is 0 Å². The van der Waals surface area contributed by atoms with E-state index in [0.29, 0.717) is 10.6 Å². The van der Waals surface area contributed by atoms with Crippen molar-refractivity contribution in [2.45, 2.75) is 6.92 Å². The van der Waals surface area contributed by atoms with Gasteiger partial charge in [-0.3, -0.25) is 0 Å². The van der Waals surface area contributed by atoms with Gasteiger partial charge in [0, 0.05) is 7.05 Å². The first-order valence-electron chi connectivity index (χ1n) is 2.64. The maximum absolute atomic E-state index is 5.57. The Morgan fingerprint density at radius 2 is 2.22 bits per heavy atom. The second-order valence-electron chi connectivity index (χ2n) is 2.00. The largest absolute Gasteiger partial charge is 0.384 e. The second-order valence-corrected chi connectivity index (χ2v) is 2.39. The molecule has 4 heteroatoms.